The monoisotopic (exact) mass is 249 g/mol. The predicted molar refractivity (Wildman–Crippen MR) is 67.5 cm³/mol. The first-order valence-corrected chi connectivity index (χ1v) is 5.73. The van der Waals surface area contributed by atoms with Crippen LogP contribution >= 0.6 is 0 Å². The maximum atomic E-state index is 11.0. The van der Waals surface area contributed by atoms with E-state index in [9.17, 15) is 9.59 Å². The van der Waals surface area contributed by atoms with Crippen molar-refractivity contribution in [2.75, 3.05) is 17.6 Å². The Hall–Kier alpha value is -2.24. The van der Waals surface area contributed by atoms with Crippen LogP contribution in [-0.4, -0.2) is 29.6 Å². The maximum Gasteiger partial charge on any atom is 0.337 e. The number of benzene rings is 1. The van der Waals surface area contributed by atoms with Gasteiger partial charge >= 0.3 is 5.97 Å². The fourth-order valence-electron chi connectivity index (χ4n) is 1.97. The lowest BCUT2D eigenvalue weighted by atomic mass is 10.1. The van der Waals surface area contributed by atoms with E-state index < -0.39 is 5.97 Å². The highest BCUT2D eigenvalue weighted by Crippen LogP contribution is 2.23. The van der Waals surface area contributed by atoms with E-state index in [1.54, 1.807) is 12.1 Å². The molecule has 1 aliphatic heterocycles. The molecule has 0 spiro atoms. The highest BCUT2D eigenvalue weighted by atomic mass is 16.4. The molecule has 0 saturated carbocycles. The van der Waals surface area contributed by atoms with Gasteiger partial charge in [-0.2, -0.15) is 0 Å². The summed E-state index contributed by atoms with van der Waals surface area (Å²) in [5.41, 5.74) is 6.64. The Morgan fingerprint density at radius 2 is 2.33 bits per heavy atom. The minimum absolute atomic E-state index is 0.0501. The largest absolute Gasteiger partial charge is 0.478 e. The number of para-hydroxylation sites is 1. The number of hydrogen-bond acceptors (Lipinski definition) is 4. The van der Waals surface area contributed by atoms with Crippen molar-refractivity contribution in [2.45, 2.75) is 18.9 Å². The maximum absolute atomic E-state index is 11.0. The van der Waals surface area contributed by atoms with Crippen molar-refractivity contribution in [3.8, 4) is 0 Å². The van der Waals surface area contributed by atoms with E-state index in [4.69, 9.17) is 10.8 Å². The zero-order valence-corrected chi connectivity index (χ0v) is 9.77. The first kappa shape index (κ1) is 12.2. The summed E-state index contributed by atoms with van der Waals surface area (Å²) in [7, 11) is 0. The second-order valence-electron chi connectivity index (χ2n) is 4.26. The molecule has 18 heavy (non-hydrogen) atoms. The summed E-state index contributed by atoms with van der Waals surface area (Å²) in [6, 6.07) is 4.89. The molecular formula is C12H15N3O3. The fourth-order valence-corrected chi connectivity index (χ4v) is 1.97. The minimum Gasteiger partial charge on any atom is -0.478 e. The Bertz CT molecular complexity index is 487. The van der Waals surface area contributed by atoms with Crippen LogP contribution < -0.4 is 16.4 Å². The zero-order chi connectivity index (χ0) is 13.1. The molecule has 0 bridgehead atoms. The summed E-state index contributed by atoms with van der Waals surface area (Å²) in [5.74, 6) is -1.00. The van der Waals surface area contributed by atoms with Gasteiger partial charge < -0.3 is 21.5 Å². The Labute approximate surface area is 104 Å². The van der Waals surface area contributed by atoms with Crippen LogP contribution in [0.5, 0.6) is 0 Å². The van der Waals surface area contributed by atoms with Crippen LogP contribution in [0.4, 0.5) is 11.4 Å². The molecule has 1 atom stereocenters. The molecule has 0 aliphatic carbocycles. The van der Waals surface area contributed by atoms with E-state index in [1.807, 2.05) is 0 Å². The lowest BCUT2D eigenvalue weighted by Crippen LogP contribution is -2.32. The number of anilines is 2. The normalized spacial score (nSPS) is 18.4. The van der Waals surface area contributed by atoms with Gasteiger partial charge in [-0.3, -0.25) is 4.79 Å². The van der Waals surface area contributed by atoms with Crippen molar-refractivity contribution < 1.29 is 14.7 Å². The number of amides is 1. The third kappa shape index (κ3) is 2.53. The second kappa shape index (κ2) is 4.95. The molecule has 1 aliphatic rings. The van der Waals surface area contributed by atoms with Gasteiger partial charge in [-0.05, 0) is 18.6 Å². The molecule has 96 valence electrons. The summed E-state index contributed by atoms with van der Waals surface area (Å²) < 4.78 is 0. The SMILES string of the molecule is Nc1c(NCC2CCC(=O)N2)cccc1C(=O)O. The third-order valence-electron chi connectivity index (χ3n) is 2.96. The smallest absolute Gasteiger partial charge is 0.337 e. The molecule has 1 heterocycles. The number of rotatable bonds is 4. The number of carbonyl (C=O) groups excluding carboxylic acids is 1. The molecule has 1 saturated heterocycles. The van der Waals surface area contributed by atoms with Crippen molar-refractivity contribution in [1.82, 2.24) is 5.32 Å². The number of carboxylic acid groups (broad SMARTS) is 1. The van der Waals surface area contributed by atoms with Gasteiger partial charge in [-0.25, -0.2) is 4.79 Å². The Morgan fingerprint density at radius 1 is 1.56 bits per heavy atom. The van der Waals surface area contributed by atoms with E-state index in [0.717, 1.165) is 6.42 Å². The summed E-state index contributed by atoms with van der Waals surface area (Å²) >= 11 is 0. The zero-order valence-electron chi connectivity index (χ0n) is 9.77. The molecule has 0 aromatic heterocycles. The Morgan fingerprint density at radius 3 is 2.94 bits per heavy atom. The van der Waals surface area contributed by atoms with Gasteiger partial charge in [-0.15, -0.1) is 0 Å². The van der Waals surface area contributed by atoms with Gasteiger partial charge in [0.05, 0.1) is 16.9 Å². The quantitative estimate of drug-likeness (QED) is 0.587. The van der Waals surface area contributed by atoms with Crippen LogP contribution in [0.15, 0.2) is 18.2 Å². The molecule has 5 N–H and O–H groups in total. The number of hydrogen-bond donors (Lipinski definition) is 4. The predicted octanol–water partition coefficient (Wildman–Crippen LogP) is 0.657. The number of carboxylic acids is 1. The van der Waals surface area contributed by atoms with Gasteiger partial charge in [-0.1, -0.05) is 6.07 Å². The van der Waals surface area contributed by atoms with E-state index in [0.29, 0.717) is 18.7 Å². The molecular weight excluding hydrogens is 234 g/mol. The standard InChI is InChI=1S/C12H15N3O3/c13-11-8(12(17)18)2-1-3-9(11)14-6-7-4-5-10(16)15-7/h1-3,7,14H,4-6,13H2,(H,15,16)(H,17,18). The molecule has 1 amide bonds. The Kier molecular flexibility index (Phi) is 3.36. The van der Waals surface area contributed by atoms with E-state index in [2.05, 4.69) is 10.6 Å². The van der Waals surface area contributed by atoms with Gasteiger partial charge in [0.1, 0.15) is 0 Å². The van der Waals surface area contributed by atoms with Crippen molar-refractivity contribution in [2.24, 2.45) is 0 Å². The second-order valence-corrected chi connectivity index (χ2v) is 4.26. The Balaban J connectivity index is 2.03. The van der Waals surface area contributed by atoms with Gasteiger partial charge in [0.25, 0.3) is 0 Å². The van der Waals surface area contributed by atoms with Crippen molar-refractivity contribution >= 4 is 23.3 Å². The molecule has 1 aromatic carbocycles. The van der Waals surface area contributed by atoms with E-state index >= 15 is 0 Å². The molecule has 6 heteroatoms. The molecule has 2 rings (SSSR count). The number of aromatic carboxylic acids is 1. The lowest BCUT2D eigenvalue weighted by Gasteiger charge is -2.14. The van der Waals surface area contributed by atoms with Crippen LogP contribution in [0, 0.1) is 0 Å². The molecule has 1 aromatic rings. The van der Waals surface area contributed by atoms with E-state index in [-0.39, 0.29) is 23.2 Å². The number of nitrogen functional groups attached to an aromatic ring is 1. The van der Waals surface area contributed by atoms with Crippen LogP contribution in [0.1, 0.15) is 23.2 Å². The van der Waals surface area contributed by atoms with Crippen molar-refractivity contribution in [1.29, 1.82) is 0 Å². The summed E-state index contributed by atoms with van der Waals surface area (Å²) in [4.78, 5) is 21.9. The van der Waals surface area contributed by atoms with Crippen LogP contribution in [-0.2, 0) is 4.79 Å². The van der Waals surface area contributed by atoms with Gasteiger partial charge in [0.2, 0.25) is 5.91 Å². The summed E-state index contributed by atoms with van der Waals surface area (Å²) in [6.45, 7) is 0.541. The fraction of sp³-hybridized carbons (Fsp3) is 0.333. The van der Waals surface area contributed by atoms with E-state index in [1.165, 1.54) is 6.07 Å². The minimum atomic E-state index is -1.05. The van der Waals surface area contributed by atoms with Crippen LogP contribution in [0.3, 0.4) is 0 Å². The van der Waals surface area contributed by atoms with Gasteiger partial charge in [0.15, 0.2) is 0 Å². The molecule has 0 radical (unpaired) electrons. The summed E-state index contributed by atoms with van der Waals surface area (Å²) in [5, 5.41) is 14.8. The average molecular weight is 249 g/mol. The van der Waals surface area contributed by atoms with Crippen molar-refractivity contribution in [3.05, 3.63) is 23.8 Å². The molecule has 1 unspecified atom stereocenters. The average Bonchev–Trinajstić information content (AvgIpc) is 2.73. The lowest BCUT2D eigenvalue weighted by molar-refractivity contribution is -0.119. The van der Waals surface area contributed by atoms with Crippen molar-refractivity contribution in [3.63, 3.8) is 0 Å². The first-order chi connectivity index (χ1) is 8.58. The third-order valence-corrected chi connectivity index (χ3v) is 2.96. The number of nitrogens with one attached hydrogen (secondary N) is 2. The first-order valence-electron chi connectivity index (χ1n) is 5.73. The highest BCUT2D eigenvalue weighted by molar-refractivity contribution is 5.97. The molecule has 1 fully saturated rings. The highest BCUT2D eigenvalue weighted by Gasteiger charge is 2.20. The number of carbonyl (C=O) groups is 2. The summed E-state index contributed by atoms with van der Waals surface area (Å²) in [6.07, 6.45) is 1.32. The van der Waals surface area contributed by atoms with Crippen LogP contribution in [0.2, 0.25) is 0 Å². The van der Waals surface area contributed by atoms with Gasteiger partial charge in [0, 0.05) is 19.0 Å². The van der Waals surface area contributed by atoms with Crippen LogP contribution in [0.25, 0.3) is 0 Å². The molecule has 6 nitrogen and oxygen atoms in total. The topological polar surface area (TPSA) is 104 Å². The number of nitrogens with two attached hydrogens (primary N) is 1.